The summed E-state index contributed by atoms with van der Waals surface area (Å²) in [6.45, 7) is 13.0. The van der Waals surface area contributed by atoms with Crippen molar-refractivity contribution in [3.8, 4) is 0 Å². The molecule has 1 atom stereocenters. The minimum absolute atomic E-state index is 0.783. The summed E-state index contributed by atoms with van der Waals surface area (Å²) in [5.41, 5.74) is 0. The van der Waals surface area contributed by atoms with Gasteiger partial charge in [0.2, 0.25) is 0 Å². The number of rotatable bonds is 7. The van der Waals surface area contributed by atoms with E-state index < -0.39 is 0 Å². The fourth-order valence-electron chi connectivity index (χ4n) is 3.01. The van der Waals surface area contributed by atoms with E-state index in [1.54, 1.807) is 0 Å². The predicted molar refractivity (Wildman–Crippen MR) is 75.9 cm³/mol. The first kappa shape index (κ1) is 14.3. The molecule has 0 aromatic carbocycles. The highest BCUT2D eigenvalue weighted by Gasteiger charge is 2.25. The topological polar surface area (TPSA) is 15.7 Å². The van der Waals surface area contributed by atoms with Gasteiger partial charge in [0, 0.05) is 44.7 Å². The average molecular weight is 254 g/mol. The van der Waals surface area contributed by atoms with Crippen molar-refractivity contribution in [2.75, 3.05) is 45.9 Å². The van der Waals surface area contributed by atoms with Gasteiger partial charge in [0.15, 0.2) is 0 Å². The van der Waals surface area contributed by atoms with Gasteiger partial charge in [0.25, 0.3) is 0 Å². The summed E-state index contributed by atoms with van der Waals surface area (Å²) >= 11 is 0. The van der Waals surface area contributed by atoms with E-state index in [9.17, 15) is 0 Å². The van der Waals surface area contributed by atoms with Crippen LogP contribution in [0.15, 0.2) is 0 Å². The third kappa shape index (κ3) is 4.22. The number of ether oxygens (including phenoxy) is 1. The van der Waals surface area contributed by atoms with Gasteiger partial charge in [-0.25, -0.2) is 0 Å². The second-order valence-corrected chi connectivity index (χ2v) is 6.08. The zero-order valence-corrected chi connectivity index (χ0v) is 12.2. The molecule has 0 aromatic rings. The number of hydrogen-bond acceptors (Lipinski definition) is 3. The number of piperazine rings is 1. The van der Waals surface area contributed by atoms with Crippen LogP contribution in [-0.2, 0) is 4.74 Å². The van der Waals surface area contributed by atoms with Crippen LogP contribution in [0.1, 0.15) is 39.5 Å². The third-order valence-electron chi connectivity index (χ3n) is 4.48. The van der Waals surface area contributed by atoms with Gasteiger partial charge in [-0.1, -0.05) is 26.2 Å². The maximum absolute atomic E-state index is 5.25. The van der Waals surface area contributed by atoms with Crippen LogP contribution in [0.4, 0.5) is 0 Å². The van der Waals surface area contributed by atoms with Gasteiger partial charge >= 0.3 is 0 Å². The Labute approximate surface area is 112 Å². The van der Waals surface area contributed by atoms with Gasteiger partial charge in [-0.15, -0.1) is 0 Å². The first-order valence-corrected chi connectivity index (χ1v) is 7.83. The standard InChI is InChI=1S/C15H30N2O/c1-3-4-5-6-14(2)17-9-7-16(8-10-17)11-15-12-18-13-15/h14-15H,3-13H2,1-2H3. The summed E-state index contributed by atoms with van der Waals surface area (Å²) in [4.78, 5) is 5.31. The number of unbranched alkanes of at least 4 members (excludes halogenated alkanes) is 2. The van der Waals surface area contributed by atoms with E-state index >= 15 is 0 Å². The highest BCUT2D eigenvalue weighted by Crippen LogP contribution is 2.16. The molecular formula is C15H30N2O. The average Bonchev–Trinajstić information content (AvgIpc) is 2.35. The molecule has 2 fully saturated rings. The molecule has 106 valence electrons. The van der Waals surface area contributed by atoms with Gasteiger partial charge in [0.05, 0.1) is 13.2 Å². The van der Waals surface area contributed by atoms with Crippen LogP contribution < -0.4 is 0 Å². The summed E-state index contributed by atoms with van der Waals surface area (Å²) in [6.07, 6.45) is 5.51. The van der Waals surface area contributed by atoms with E-state index in [-0.39, 0.29) is 0 Å². The van der Waals surface area contributed by atoms with Crippen molar-refractivity contribution in [1.82, 2.24) is 9.80 Å². The van der Waals surface area contributed by atoms with Gasteiger partial charge in [-0.2, -0.15) is 0 Å². The lowest BCUT2D eigenvalue weighted by Crippen LogP contribution is -2.52. The third-order valence-corrected chi connectivity index (χ3v) is 4.48. The van der Waals surface area contributed by atoms with Crippen molar-refractivity contribution in [2.45, 2.75) is 45.6 Å². The summed E-state index contributed by atoms with van der Waals surface area (Å²) in [6, 6.07) is 0.783. The molecule has 3 nitrogen and oxygen atoms in total. The molecule has 2 aliphatic heterocycles. The van der Waals surface area contributed by atoms with E-state index in [4.69, 9.17) is 4.74 Å². The fourth-order valence-corrected chi connectivity index (χ4v) is 3.01. The molecule has 0 saturated carbocycles. The van der Waals surface area contributed by atoms with Crippen molar-refractivity contribution < 1.29 is 4.74 Å². The SMILES string of the molecule is CCCCCC(C)N1CCN(CC2COC2)CC1. The van der Waals surface area contributed by atoms with Gasteiger partial charge in [0.1, 0.15) is 0 Å². The van der Waals surface area contributed by atoms with Crippen LogP contribution in [-0.4, -0.2) is 61.8 Å². The minimum atomic E-state index is 0.783. The Kier molecular flexibility index (Phi) is 5.93. The Morgan fingerprint density at radius 1 is 1.11 bits per heavy atom. The molecule has 18 heavy (non-hydrogen) atoms. The lowest BCUT2D eigenvalue weighted by Gasteiger charge is -2.40. The van der Waals surface area contributed by atoms with Crippen LogP contribution in [0.3, 0.4) is 0 Å². The lowest BCUT2D eigenvalue weighted by atomic mass is 10.1. The van der Waals surface area contributed by atoms with Gasteiger partial charge in [-0.3, -0.25) is 4.90 Å². The monoisotopic (exact) mass is 254 g/mol. The van der Waals surface area contributed by atoms with Gasteiger partial charge in [-0.05, 0) is 13.3 Å². The predicted octanol–water partition coefficient (Wildman–Crippen LogP) is 2.22. The summed E-state index contributed by atoms with van der Waals surface area (Å²) in [7, 11) is 0. The summed E-state index contributed by atoms with van der Waals surface area (Å²) < 4.78 is 5.25. The Bertz CT molecular complexity index is 223. The molecule has 0 aliphatic carbocycles. The van der Waals surface area contributed by atoms with Crippen molar-refractivity contribution in [1.29, 1.82) is 0 Å². The van der Waals surface area contributed by atoms with Crippen LogP contribution in [0.2, 0.25) is 0 Å². The van der Waals surface area contributed by atoms with Crippen molar-refractivity contribution >= 4 is 0 Å². The van der Waals surface area contributed by atoms with E-state index in [1.165, 1.54) is 58.4 Å². The summed E-state index contributed by atoms with van der Waals surface area (Å²) in [5.74, 6) is 0.818. The number of nitrogens with zero attached hydrogens (tertiary/aromatic N) is 2. The van der Waals surface area contributed by atoms with E-state index in [2.05, 4.69) is 23.6 Å². The second kappa shape index (κ2) is 7.46. The van der Waals surface area contributed by atoms with Crippen molar-refractivity contribution in [3.05, 3.63) is 0 Å². The molecule has 0 N–H and O–H groups in total. The molecule has 0 amide bonds. The maximum atomic E-state index is 5.25. The molecule has 2 saturated heterocycles. The van der Waals surface area contributed by atoms with Crippen LogP contribution in [0.5, 0.6) is 0 Å². The largest absolute Gasteiger partial charge is 0.381 e. The van der Waals surface area contributed by atoms with E-state index in [1.807, 2.05) is 0 Å². The zero-order valence-electron chi connectivity index (χ0n) is 12.2. The molecule has 2 heterocycles. The first-order chi connectivity index (χ1) is 8.79. The highest BCUT2D eigenvalue weighted by molar-refractivity contribution is 4.79. The van der Waals surface area contributed by atoms with E-state index in [0.29, 0.717) is 0 Å². The van der Waals surface area contributed by atoms with Crippen LogP contribution in [0.25, 0.3) is 0 Å². The first-order valence-electron chi connectivity index (χ1n) is 7.83. The summed E-state index contributed by atoms with van der Waals surface area (Å²) in [5, 5.41) is 0. The fraction of sp³-hybridized carbons (Fsp3) is 1.00. The Morgan fingerprint density at radius 2 is 1.83 bits per heavy atom. The quantitative estimate of drug-likeness (QED) is 0.648. The molecule has 2 rings (SSSR count). The molecule has 0 bridgehead atoms. The Morgan fingerprint density at radius 3 is 2.39 bits per heavy atom. The van der Waals surface area contributed by atoms with Gasteiger partial charge < -0.3 is 9.64 Å². The van der Waals surface area contributed by atoms with Crippen molar-refractivity contribution in [2.24, 2.45) is 5.92 Å². The Balaban J connectivity index is 1.59. The second-order valence-electron chi connectivity index (χ2n) is 6.08. The zero-order chi connectivity index (χ0) is 12.8. The maximum Gasteiger partial charge on any atom is 0.0528 e. The van der Waals surface area contributed by atoms with Crippen LogP contribution in [0, 0.1) is 5.92 Å². The molecule has 3 heteroatoms. The smallest absolute Gasteiger partial charge is 0.0528 e. The molecule has 0 spiro atoms. The van der Waals surface area contributed by atoms with Crippen molar-refractivity contribution in [3.63, 3.8) is 0 Å². The Hall–Kier alpha value is -0.120. The van der Waals surface area contributed by atoms with E-state index in [0.717, 1.165) is 25.2 Å². The molecular weight excluding hydrogens is 224 g/mol. The molecule has 0 aromatic heterocycles. The lowest BCUT2D eigenvalue weighted by molar-refractivity contribution is -0.0523. The molecule has 0 radical (unpaired) electrons. The minimum Gasteiger partial charge on any atom is -0.381 e. The highest BCUT2D eigenvalue weighted by atomic mass is 16.5. The molecule has 2 aliphatic rings. The van der Waals surface area contributed by atoms with Crippen LogP contribution >= 0.6 is 0 Å². The number of hydrogen-bond donors (Lipinski definition) is 0. The normalized spacial score (nSPS) is 25.0. The molecule has 1 unspecified atom stereocenters.